The van der Waals surface area contributed by atoms with Gasteiger partial charge in [-0.1, -0.05) is 42.5 Å². The minimum Gasteiger partial charge on any atom is -0.355 e. The average molecular weight is 416 g/mol. The molecule has 154 valence electrons. The fourth-order valence-corrected chi connectivity index (χ4v) is 4.33. The number of aryl methyl sites for hydroxylation is 1. The fraction of sp³-hybridized carbons (Fsp3) is 0.0370. The molecule has 6 rings (SSSR count). The molecule has 3 heterocycles. The van der Waals surface area contributed by atoms with Crippen LogP contribution in [0.15, 0.2) is 104 Å². The van der Waals surface area contributed by atoms with E-state index in [1.165, 1.54) is 10.8 Å². The van der Waals surface area contributed by atoms with Crippen LogP contribution in [-0.4, -0.2) is 19.1 Å². The second-order valence-corrected chi connectivity index (χ2v) is 7.84. The van der Waals surface area contributed by atoms with Crippen molar-refractivity contribution in [2.75, 3.05) is 5.32 Å². The molecule has 0 spiro atoms. The highest BCUT2D eigenvalue weighted by Gasteiger charge is 2.13. The average Bonchev–Trinajstić information content (AvgIpc) is 3.40. The second kappa shape index (κ2) is 7.39. The quantitative estimate of drug-likeness (QED) is 0.366. The molecular weight excluding hydrogens is 394 g/mol. The van der Waals surface area contributed by atoms with Gasteiger partial charge in [-0.25, -0.2) is 9.97 Å². The van der Waals surface area contributed by atoms with Gasteiger partial charge in [0.1, 0.15) is 11.6 Å². The van der Waals surface area contributed by atoms with E-state index >= 15 is 0 Å². The van der Waals surface area contributed by atoms with Crippen LogP contribution in [0.2, 0.25) is 0 Å². The van der Waals surface area contributed by atoms with Crippen LogP contribution in [0.3, 0.4) is 0 Å². The molecule has 0 atom stereocenters. The maximum absolute atomic E-state index is 4.62. The van der Waals surface area contributed by atoms with E-state index in [9.17, 15) is 0 Å². The van der Waals surface area contributed by atoms with Gasteiger partial charge in [-0.3, -0.25) is 4.57 Å². The first-order valence-corrected chi connectivity index (χ1v) is 10.6. The number of aromatic nitrogens is 4. The van der Waals surface area contributed by atoms with E-state index in [1.807, 2.05) is 48.4 Å². The van der Waals surface area contributed by atoms with Crippen LogP contribution in [0.4, 0.5) is 11.4 Å². The summed E-state index contributed by atoms with van der Waals surface area (Å²) in [6, 6.07) is 29.3. The van der Waals surface area contributed by atoms with Crippen LogP contribution in [0, 0.1) is 0 Å². The Morgan fingerprint density at radius 3 is 2.38 bits per heavy atom. The molecule has 32 heavy (non-hydrogen) atoms. The van der Waals surface area contributed by atoms with Crippen molar-refractivity contribution in [3.8, 4) is 17.2 Å². The Labute approximate surface area is 185 Å². The predicted octanol–water partition coefficient (Wildman–Crippen LogP) is 6.32. The largest absolute Gasteiger partial charge is 0.355 e. The molecule has 0 radical (unpaired) electrons. The lowest BCUT2D eigenvalue weighted by molar-refractivity contribution is 0.925. The number of rotatable bonds is 4. The summed E-state index contributed by atoms with van der Waals surface area (Å²) in [6.07, 6.45) is 5.61. The molecule has 3 aromatic carbocycles. The Hall–Kier alpha value is -4.38. The summed E-state index contributed by atoms with van der Waals surface area (Å²) in [5.41, 5.74) is 5.39. The number of fused-ring (bicyclic) bond motifs is 3. The van der Waals surface area contributed by atoms with Crippen molar-refractivity contribution in [2.45, 2.75) is 0 Å². The molecule has 0 amide bonds. The topological polar surface area (TPSA) is 47.7 Å². The SMILES string of the molecule is Cn1ccnc1-c1cccc(Nc2ccc3c4ccccc4n(-c4ccccn4)c3c2)c1. The molecule has 1 N–H and O–H groups in total. The first-order valence-electron chi connectivity index (χ1n) is 10.6. The van der Waals surface area contributed by atoms with E-state index in [-0.39, 0.29) is 0 Å². The lowest BCUT2D eigenvalue weighted by Gasteiger charge is -2.10. The predicted molar refractivity (Wildman–Crippen MR) is 131 cm³/mol. The number of benzene rings is 3. The lowest BCUT2D eigenvalue weighted by Crippen LogP contribution is -1.97. The van der Waals surface area contributed by atoms with Gasteiger partial charge >= 0.3 is 0 Å². The van der Waals surface area contributed by atoms with Gasteiger partial charge in [0.15, 0.2) is 0 Å². The maximum atomic E-state index is 4.62. The Morgan fingerprint density at radius 1 is 0.688 bits per heavy atom. The minimum atomic E-state index is 0.910. The third-order valence-corrected chi connectivity index (χ3v) is 5.78. The lowest BCUT2D eigenvalue weighted by atomic mass is 10.1. The van der Waals surface area contributed by atoms with Crippen molar-refractivity contribution in [1.82, 2.24) is 19.1 Å². The smallest absolute Gasteiger partial charge is 0.139 e. The van der Waals surface area contributed by atoms with Gasteiger partial charge in [-0.15, -0.1) is 0 Å². The van der Waals surface area contributed by atoms with Gasteiger partial charge < -0.3 is 9.88 Å². The van der Waals surface area contributed by atoms with Gasteiger partial charge in [0.2, 0.25) is 0 Å². The Balaban J connectivity index is 1.47. The molecule has 0 aliphatic rings. The number of hydrogen-bond acceptors (Lipinski definition) is 3. The van der Waals surface area contributed by atoms with Crippen LogP contribution in [0.25, 0.3) is 39.0 Å². The van der Waals surface area contributed by atoms with E-state index in [0.717, 1.165) is 39.6 Å². The number of nitrogens with one attached hydrogen (secondary N) is 1. The van der Waals surface area contributed by atoms with E-state index in [4.69, 9.17) is 0 Å². The van der Waals surface area contributed by atoms with Crippen LogP contribution in [-0.2, 0) is 7.05 Å². The molecule has 5 heteroatoms. The van der Waals surface area contributed by atoms with Gasteiger partial charge in [0, 0.05) is 53.3 Å². The van der Waals surface area contributed by atoms with Crippen LogP contribution in [0.1, 0.15) is 0 Å². The minimum absolute atomic E-state index is 0.910. The van der Waals surface area contributed by atoms with Crippen molar-refractivity contribution >= 4 is 33.2 Å². The molecule has 0 unspecified atom stereocenters. The Morgan fingerprint density at radius 2 is 1.53 bits per heavy atom. The van der Waals surface area contributed by atoms with Crippen LogP contribution < -0.4 is 5.32 Å². The molecule has 0 saturated heterocycles. The number of pyridine rings is 1. The van der Waals surface area contributed by atoms with E-state index in [1.54, 1.807) is 0 Å². The fourth-order valence-electron chi connectivity index (χ4n) is 4.33. The van der Waals surface area contributed by atoms with Gasteiger partial charge in [-0.05, 0) is 42.5 Å². The zero-order chi connectivity index (χ0) is 21.5. The van der Waals surface area contributed by atoms with E-state index in [0.29, 0.717) is 0 Å². The molecule has 6 aromatic rings. The summed E-state index contributed by atoms with van der Waals surface area (Å²) < 4.78 is 4.25. The van der Waals surface area contributed by atoms with Gasteiger partial charge in [0.05, 0.1) is 11.0 Å². The van der Waals surface area contributed by atoms with E-state index < -0.39 is 0 Å². The first kappa shape index (κ1) is 18.4. The van der Waals surface area contributed by atoms with Crippen LogP contribution in [0.5, 0.6) is 0 Å². The standard InChI is InChI=1S/C27H21N5/c1-31-16-15-29-27(31)19-7-6-8-20(17-19)30-21-12-13-23-22-9-2-3-10-24(22)32(25(23)18-21)26-11-4-5-14-28-26/h2-18,30H,1H3. The molecular formula is C27H21N5. The number of imidazole rings is 1. The second-order valence-electron chi connectivity index (χ2n) is 7.84. The summed E-state index contributed by atoms with van der Waals surface area (Å²) >= 11 is 0. The third-order valence-electron chi connectivity index (χ3n) is 5.78. The summed E-state index contributed by atoms with van der Waals surface area (Å²) in [6.45, 7) is 0. The Bertz CT molecular complexity index is 1560. The summed E-state index contributed by atoms with van der Waals surface area (Å²) in [7, 11) is 2.01. The molecule has 0 aliphatic carbocycles. The maximum Gasteiger partial charge on any atom is 0.139 e. The van der Waals surface area contributed by atoms with Crippen molar-refractivity contribution in [3.05, 3.63) is 104 Å². The molecule has 0 saturated carbocycles. The van der Waals surface area contributed by atoms with Gasteiger partial charge in [0.25, 0.3) is 0 Å². The highest BCUT2D eigenvalue weighted by Crippen LogP contribution is 2.34. The Kier molecular flexibility index (Phi) is 4.25. The van der Waals surface area contributed by atoms with Crippen molar-refractivity contribution < 1.29 is 0 Å². The summed E-state index contributed by atoms with van der Waals surface area (Å²) in [4.78, 5) is 9.09. The number of nitrogens with zero attached hydrogens (tertiary/aromatic N) is 4. The molecule has 5 nitrogen and oxygen atoms in total. The zero-order valence-electron chi connectivity index (χ0n) is 17.6. The molecule has 0 aliphatic heterocycles. The van der Waals surface area contributed by atoms with Crippen molar-refractivity contribution in [3.63, 3.8) is 0 Å². The summed E-state index contributed by atoms with van der Waals surface area (Å²) in [5.74, 6) is 1.85. The third kappa shape index (κ3) is 3.03. The van der Waals surface area contributed by atoms with Crippen molar-refractivity contribution in [2.24, 2.45) is 7.05 Å². The normalized spacial score (nSPS) is 11.3. The highest BCUT2D eigenvalue weighted by atomic mass is 15.1. The molecule has 3 aromatic heterocycles. The van der Waals surface area contributed by atoms with Gasteiger partial charge in [-0.2, -0.15) is 0 Å². The molecule has 0 bridgehead atoms. The number of para-hydroxylation sites is 1. The monoisotopic (exact) mass is 415 g/mol. The summed E-state index contributed by atoms with van der Waals surface area (Å²) in [5, 5.41) is 6.00. The number of anilines is 2. The number of hydrogen-bond donors (Lipinski definition) is 1. The van der Waals surface area contributed by atoms with Crippen molar-refractivity contribution in [1.29, 1.82) is 0 Å². The molecule has 0 fully saturated rings. The first-order chi connectivity index (χ1) is 15.8. The van der Waals surface area contributed by atoms with Crippen LogP contribution >= 0.6 is 0 Å². The zero-order valence-corrected chi connectivity index (χ0v) is 17.6. The van der Waals surface area contributed by atoms with E-state index in [2.05, 4.69) is 86.6 Å². The highest BCUT2D eigenvalue weighted by molar-refractivity contribution is 6.10.